The van der Waals surface area contributed by atoms with Crippen LogP contribution in [0, 0.1) is 0 Å². The number of hydrogen-bond donors (Lipinski definition) is 1. The Morgan fingerprint density at radius 2 is 0.966 bits per heavy atom. The largest absolute Gasteiger partial charge is 0.455 e. The molecule has 2 aromatic heterocycles. The first-order valence-corrected chi connectivity index (χ1v) is 20.0. The maximum Gasteiger partial charge on any atom is 0.160 e. The predicted molar refractivity (Wildman–Crippen MR) is 244 cm³/mol. The van der Waals surface area contributed by atoms with Crippen molar-refractivity contribution >= 4 is 32.7 Å². The van der Waals surface area contributed by atoms with Crippen LogP contribution in [0.5, 0.6) is 0 Å². The van der Waals surface area contributed by atoms with Crippen molar-refractivity contribution in [2.24, 2.45) is 0 Å². The van der Waals surface area contributed by atoms with Gasteiger partial charge in [-0.2, -0.15) is 0 Å². The summed E-state index contributed by atoms with van der Waals surface area (Å²) < 4.78 is 6.67. The molecule has 1 aliphatic heterocycles. The standard InChI is InChI=1S/C55H37N3O/c1-3-12-36(13-4-1)38-21-27-41(28-22-38)50-35-51(58-55(57-50)43-31-23-39(24-32-43)37-14-5-2-6-15-37)42-29-25-40(26-30-42)44-18-11-20-52-53(44)48-34-47(49-19-9-10-33-56-49)45-16-7-8-17-46(45)54(48)59-52/h1-35,49,56H. The molecule has 0 aliphatic carbocycles. The van der Waals surface area contributed by atoms with E-state index in [2.05, 4.69) is 193 Å². The first-order valence-electron chi connectivity index (χ1n) is 20.0. The van der Waals surface area contributed by atoms with Gasteiger partial charge >= 0.3 is 0 Å². The van der Waals surface area contributed by atoms with Crippen LogP contribution in [0.15, 0.2) is 217 Å². The summed E-state index contributed by atoms with van der Waals surface area (Å²) in [6, 6.07) is 66.2. The molecular formula is C55H37N3O. The molecule has 10 aromatic rings. The van der Waals surface area contributed by atoms with E-state index in [1.54, 1.807) is 0 Å². The van der Waals surface area contributed by atoms with Crippen molar-refractivity contribution in [3.05, 3.63) is 218 Å². The Labute approximate surface area is 342 Å². The van der Waals surface area contributed by atoms with Gasteiger partial charge in [0.15, 0.2) is 5.82 Å². The third kappa shape index (κ3) is 6.37. The first kappa shape index (κ1) is 34.4. The van der Waals surface area contributed by atoms with Crippen molar-refractivity contribution < 1.29 is 4.42 Å². The van der Waals surface area contributed by atoms with Crippen LogP contribution in [0.2, 0.25) is 0 Å². The summed E-state index contributed by atoms with van der Waals surface area (Å²) in [5.41, 5.74) is 14.7. The summed E-state index contributed by atoms with van der Waals surface area (Å²) in [6.45, 7) is 0. The molecule has 0 radical (unpaired) electrons. The van der Waals surface area contributed by atoms with E-state index in [-0.39, 0.29) is 6.04 Å². The number of nitrogens with one attached hydrogen (secondary N) is 1. The minimum atomic E-state index is 0.0666. The van der Waals surface area contributed by atoms with Crippen LogP contribution in [0.1, 0.15) is 11.6 Å². The molecule has 4 heteroatoms. The SMILES string of the molecule is C1=CNC(c2cc3c(oc4cccc(-c5ccc(-c6cc(-c7ccc(-c8ccccc8)cc7)nc(-c7ccc(-c8ccccc8)cc7)n6)cc5)c43)c3ccccc23)C=C1. The minimum absolute atomic E-state index is 0.0666. The third-order valence-electron chi connectivity index (χ3n) is 11.4. The maximum absolute atomic E-state index is 6.67. The summed E-state index contributed by atoms with van der Waals surface area (Å²) >= 11 is 0. The average Bonchev–Trinajstić information content (AvgIpc) is 3.71. The van der Waals surface area contributed by atoms with Crippen molar-refractivity contribution in [3.63, 3.8) is 0 Å². The van der Waals surface area contributed by atoms with E-state index < -0.39 is 0 Å². The maximum atomic E-state index is 6.67. The monoisotopic (exact) mass is 755 g/mol. The number of fused-ring (bicyclic) bond motifs is 5. The van der Waals surface area contributed by atoms with Gasteiger partial charge in [-0.15, -0.1) is 0 Å². The highest BCUT2D eigenvalue weighted by atomic mass is 16.3. The van der Waals surface area contributed by atoms with Crippen molar-refractivity contribution in [2.75, 3.05) is 0 Å². The summed E-state index contributed by atoms with van der Waals surface area (Å²) in [5, 5.41) is 8.06. The van der Waals surface area contributed by atoms with Gasteiger partial charge in [0.2, 0.25) is 0 Å². The van der Waals surface area contributed by atoms with Crippen LogP contribution in [-0.2, 0) is 0 Å². The van der Waals surface area contributed by atoms with Gasteiger partial charge in [-0.05, 0) is 74.8 Å². The van der Waals surface area contributed by atoms with Gasteiger partial charge in [-0.25, -0.2) is 9.97 Å². The minimum Gasteiger partial charge on any atom is -0.455 e. The Hall–Kier alpha value is -7.82. The molecule has 0 saturated carbocycles. The Bertz CT molecular complexity index is 3100. The zero-order valence-electron chi connectivity index (χ0n) is 32.1. The van der Waals surface area contributed by atoms with E-state index in [0.717, 1.165) is 72.1 Å². The van der Waals surface area contributed by atoms with Crippen LogP contribution in [-0.4, -0.2) is 9.97 Å². The zero-order valence-corrected chi connectivity index (χ0v) is 32.1. The summed E-state index contributed by atoms with van der Waals surface area (Å²) in [5.74, 6) is 0.684. The fourth-order valence-electron chi connectivity index (χ4n) is 8.41. The molecule has 0 spiro atoms. The zero-order chi connectivity index (χ0) is 39.1. The van der Waals surface area contributed by atoms with Gasteiger partial charge in [-0.3, -0.25) is 0 Å². The Kier molecular flexibility index (Phi) is 8.52. The lowest BCUT2D eigenvalue weighted by molar-refractivity contribution is 0.672. The van der Waals surface area contributed by atoms with Gasteiger partial charge in [0.25, 0.3) is 0 Å². The molecule has 0 amide bonds. The van der Waals surface area contributed by atoms with E-state index in [9.17, 15) is 0 Å². The number of benzene rings is 8. The van der Waals surface area contributed by atoms with Gasteiger partial charge in [0.1, 0.15) is 11.2 Å². The van der Waals surface area contributed by atoms with Crippen LogP contribution < -0.4 is 5.32 Å². The molecule has 0 bridgehead atoms. The van der Waals surface area contributed by atoms with Crippen LogP contribution in [0.3, 0.4) is 0 Å². The molecule has 11 rings (SSSR count). The number of aromatic nitrogens is 2. The quantitative estimate of drug-likeness (QED) is 0.176. The number of furan rings is 1. The molecule has 0 saturated heterocycles. The second-order valence-corrected chi connectivity index (χ2v) is 15.0. The van der Waals surface area contributed by atoms with E-state index in [4.69, 9.17) is 14.4 Å². The average molecular weight is 756 g/mol. The number of nitrogens with zero attached hydrogens (tertiary/aromatic N) is 2. The molecule has 3 heterocycles. The smallest absolute Gasteiger partial charge is 0.160 e. The van der Waals surface area contributed by atoms with Crippen molar-refractivity contribution in [3.8, 4) is 67.3 Å². The van der Waals surface area contributed by atoms with E-state index >= 15 is 0 Å². The summed E-state index contributed by atoms with van der Waals surface area (Å²) in [7, 11) is 0. The molecule has 1 unspecified atom stereocenters. The summed E-state index contributed by atoms with van der Waals surface area (Å²) in [4.78, 5) is 10.3. The van der Waals surface area contributed by atoms with Crippen LogP contribution in [0.25, 0.3) is 100.0 Å². The molecular weight excluding hydrogens is 719 g/mol. The van der Waals surface area contributed by atoms with Gasteiger partial charge < -0.3 is 9.73 Å². The Balaban J connectivity index is 1.00. The lowest BCUT2D eigenvalue weighted by Gasteiger charge is -2.18. The molecule has 278 valence electrons. The highest BCUT2D eigenvalue weighted by Crippen LogP contribution is 2.42. The van der Waals surface area contributed by atoms with Gasteiger partial charge in [-0.1, -0.05) is 182 Å². The predicted octanol–water partition coefficient (Wildman–Crippen LogP) is 14.2. The Morgan fingerprint density at radius 3 is 1.58 bits per heavy atom. The van der Waals surface area contributed by atoms with Crippen molar-refractivity contribution in [1.29, 1.82) is 0 Å². The lowest BCUT2D eigenvalue weighted by atomic mass is 9.92. The number of allylic oxidation sites excluding steroid dienone is 2. The fourth-order valence-corrected chi connectivity index (χ4v) is 8.41. The van der Waals surface area contributed by atoms with Crippen molar-refractivity contribution in [1.82, 2.24) is 15.3 Å². The van der Waals surface area contributed by atoms with Crippen LogP contribution in [0.4, 0.5) is 0 Å². The Morgan fingerprint density at radius 1 is 0.424 bits per heavy atom. The molecule has 59 heavy (non-hydrogen) atoms. The fraction of sp³-hybridized carbons (Fsp3) is 0.0182. The van der Waals surface area contributed by atoms with E-state index in [1.807, 2.05) is 24.4 Å². The summed E-state index contributed by atoms with van der Waals surface area (Å²) in [6.07, 6.45) is 8.35. The van der Waals surface area contributed by atoms with E-state index in [0.29, 0.717) is 5.82 Å². The van der Waals surface area contributed by atoms with Crippen LogP contribution >= 0.6 is 0 Å². The first-order chi connectivity index (χ1) is 29.2. The molecule has 4 nitrogen and oxygen atoms in total. The molecule has 1 aliphatic rings. The number of hydrogen-bond acceptors (Lipinski definition) is 4. The molecule has 8 aromatic carbocycles. The number of dihydropyridines is 1. The number of rotatable bonds is 7. The topological polar surface area (TPSA) is 51.0 Å². The second kappa shape index (κ2) is 14.6. The lowest BCUT2D eigenvalue weighted by Crippen LogP contribution is -2.15. The highest BCUT2D eigenvalue weighted by molar-refractivity contribution is 6.20. The molecule has 1 atom stereocenters. The van der Waals surface area contributed by atoms with Gasteiger partial charge in [0, 0.05) is 32.8 Å². The third-order valence-corrected chi connectivity index (χ3v) is 11.4. The van der Waals surface area contributed by atoms with Gasteiger partial charge in [0.05, 0.1) is 17.4 Å². The second-order valence-electron chi connectivity index (χ2n) is 15.0. The normalized spacial score (nSPS) is 13.6. The van der Waals surface area contributed by atoms with Crippen molar-refractivity contribution in [2.45, 2.75) is 6.04 Å². The highest BCUT2D eigenvalue weighted by Gasteiger charge is 2.20. The van der Waals surface area contributed by atoms with E-state index in [1.165, 1.54) is 27.6 Å². The molecule has 1 N–H and O–H groups in total. The molecule has 0 fully saturated rings.